The molecule has 0 fully saturated rings. The molecule has 112 valence electrons. The van der Waals surface area contributed by atoms with Crippen molar-refractivity contribution in [3.05, 3.63) is 40.1 Å². The van der Waals surface area contributed by atoms with Gasteiger partial charge in [-0.05, 0) is 38.1 Å². The van der Waals surface area contributed by atoms with Gasteiger partial charge in [-0.25, -0.2) is 0 Å². The van der Waals surface area contributed by atoms with E-state index < -0.39 is 0 Å². The molecule has 2 aromatic rings. The molecule has 0 aliphatic heterocycles. The van der Waals surface area contributed by atoms with Crippen molar-refractivity contribution in [1.82, 2.24) is 0 Å². The predicted octanol–water partition coefficient (Wildman–Crippen LogP) is 4.20. The summed E-state index contributed by atoms with van der Waals surface area (Å²) in [4.78, 5) is 13.7. The highest BCUT2D eigenvalue weighted by Crippen LogP contribution is 2.31. The summed E-state index contributed by atoms with van der Waals surface area (Å²) >= 11 is 1.79. The van der Waals surface area contributed by atoms with E-state index in [4.69, 9.17) is 4.74 Å². The van der Waals surface area contributed by atoms with Crippen molar-refractivity contribution in [3.63, 3.8) is 0 Å². The van der Waals surface area contributed by atoms with Gasteiger partial charge in [-0.15, -0.1) is 11.3 Å². The number of thiophene rings is 1. The number of anilines is 2. The van der Waals surface area contributed by atoms with Crippen LogP contribution in [0.2, 0.25) is 0 Å². The van der Waals surface area contributed by atoms with Crippen LogP contribution in [0.25, 0.3) is 0 Å². The third-order valence-electron chi connectivity index (χ3n) is 3.08. The summed E-state index contributed by atoms with van der Waals surface area (Å²) < 4.78 is 5.33. The first-order chi connectivity index (χ1) is 9.99. The maximum atomic E-state index is 11.2. The number of ether oxygens (including phenoxy) is 1. The highest BCUT2D eigenvalue weighted by Gasteiger charge is 2.10. The summed E-state index contributed by atoms with van der Waals surface area (Å²) in [5, 5.41) is 6.19. The highest BCUT2D eigenvalue weighted by molar-refractivity contribution is 7.12. The number of hydrogen-bond acceptors (Lipinski definition) is 4. The Morgan fingerprint density at radius 3 is 2.62 bits per heavy atom. The van der Waals surface area contributed by atoms with Crippen molar-refractivity contribution in [3.8, 4) is 5.75 Å². The Morgan fingerprint density at radius 1 is 1.29 bits per heavy atom. The Bertz CT molecular complexity index is 637. The second-order valence-corrected chi connectivity index (χ2v) is 6.23. The Labute approximate surface area is 129 Å². The summed E-state index contributed by atoms with van der Waals surface area (Å²) in [7, 11) is 1.59. The maximum Gasteiger partial charge on any atom is 0.221 e. The van der Waals surface area contributed by atoms with Gasteiger partial charge in [-0.3, -0.25) is 4.79 Å². The SMILES string of the molecule is COc1cc(NC(C)c2ccc(C)s2)ccc1NC(C)=O. The molecule has 0 aliphatic carbocycles. The lowest BCUT2D eigenvalue weighted by molar-refractivity contribution is -0.114. The van der Waals surface area contributed by atoms with Crippen LogP contribution in [-0.4, -0.2) is 13.0 Å². The summed E-state index contributed by atoms with van der Waals surface area (Å²) in [5.74, 6) is 0.529. The molecule has 4 nitrogen and oxygen atoms in total. The van der Waals surface area contributed by atoms with E-state index in [1.54, 1.807) is 18.4 Å². The molecule has 1 amide bonds. The number of methoxy groups -OCH3 is 1. The number of amides is 1. The van der Waals surface area contributed by atoms with Gasteiger partial charge in [0.25, 0.3) is 0 Å². The molecule has 0 saturated heterocycles. The molecule has 0 spiro atoms. The molecule has 1 atom stereocenters. The monoisotopic (exact) mass is 304 g/mol. The van der Waals surface area contributed by atoms with E-state index in [1.165, 1.54) is 16.7 Å². The molecule has 1 heterocycles. The fourth-order valence-electron chi connectivity index (χ4n) is 2.08. The van der Waals surface area contributed by atoms with E-state index in [-0.39, 0.29) is 11.9 Å². The Kier molecular flexibility index (Phi) is 4.85. The summed E-state index contributed by atoms with van der Waals surface area (Å²) in [6.07, 6.45) is 0. The van der Waals surface area contributed by atoms with Crippen LogP contribution >= 0.6 is 11.3 Å². The first kappa shape index (κ1) is 15.4. The fourth-order valence-corrected chi connectivity index (χ4v) is 2.96. The molecule has 0 bridgehead atoms. The first-order valence-electron chi connectivity index (χ1n) is 6.78. The van der Waals surface area contributed by atoms with Gasteiger partial charge in [-0.1, -0.05) is 0 Å². The number of carbonyl (C=O) groups is 1. The lowest BCUT2D eigenvalue weighted by Crippen LogP contribution is -2.08. The molecular weight excluding hydrogens is 284 g/mol. The third kappa shape index (κ3) is 3.98. The van der Waals surface area contributed by atoms with Gasteiger partial charge in [0.1, 0.15) is 5.75 Å². The minimum absolute atomic E-state index is 0.114. The predicted molar refractivity (Wildman–Crippen MR) is 88.4 cm³/mol. The third-order valence-corrected chi connectivity index (χ3v) is 4.27. The molecule has 0 saturated carbocycles. The molecule has 2 rings (SSSR count). The van der Waals surface area contributed by atoms with Gasteiger partial charge in [0, 0.05) is 28.4 Å². The second-order valence-electron chi connectivity index (χ2n) is 4.91. The average molecular weight is 304 g/mol. The molecular formula is C16H20N2O2S. The number of rotatable bonds is 5. The molecule has 1 aromatic carbocycles. The number of nitrogens with one attached hydrogen (secondary N) is 2. The zero-order valence-corrected chi connectivity index (χ0v) is 13.5. The molecule has 1 unspecified atom stereocenters. The van der Waals surface area contributed by atoms with Crippen LogP contribution in [0.3, 0.4) is 0 Å². The van der Waals surface area contributed by atoms with Gasteiger partial charge >= 0.3 is 0 Å². The standard InChI is InChI=1S/C16H20N2O2S/c1-10-5-8-16(21-10)11(2)17-13-6-7-14(18-12(3)19)15(9-13)20-4/h5-9,11,17H,1-4H3,(H,18,19). The Hall–Kier alpha value is -2.01. The molecule has 2 N–H and O–H groups in total. The highest BCUT2D eigenvalue weighted by atomic mass is 32.1. The van der Waals surface area contributed by atoms with Crippen LogP contribution < -0.4 is 15.4 Å². The van der Waals surface area contributed by atoms with Gasteiger partial charge in [-0.2, -0.15) is 0 Å². The Morgan fingerprint density at radius 2 is 2.05 bits per heavy atom. The first-order valence-corrected chi connectivity index (χ1v) is 7.59. The van der Waals surface area contributed by atoms with Gasteiger partial charge in [0.15, 0.2) is 0 Å². The summed E-state index contributed by atoms with van der Waals surface area (Å²) in [6, 6.07) is 10.2. The lowest BCUT2D eigenvalue weighted by Gasteiger charge is -2.16. The normalized spacial score (nSPS) is 11.8. The molecule has 0 radical (unpaired) electrons. The smallest absolute Gasteiger partial charge is 0.221 e. The lowest BCUT2D eigenvalue weighted by atomic mass is 10.2. The minimum Gasteiger partial charge on any atom is -0.494 e. The van der Waals surface area contributed by atoms with Crippen LogP contribution in [0.4, 0.5) is 11.4 Å². The van der Waals surface area contributed by atoms with Crippen molar-refractivity contribution < 1.29 is 9.53 Å². The second kappa shape index (κ2) is 6.63. The van der Waals surface area contributed by atoms with Crippen molar-refractivity contribution in [2.24, 2.45) is 0 Å². The molecule has 5 heteroatoms. The fraction of sp³-hybridized carbons (Fsp3) is 0.312. The quantitative estimate of drug-likeness (QED) is 0.870. The topological polar surface area (TPSA) is 50.4 Å². The van der Waals surface area contributed by atoms with E-state index >= 15 is 0 Å². The van der Waals surface area contributed by atoms with Crippen molar-refractivity contribution in [2.75, 3.05) is 17.7 Å². The van der Waals surface area contributed by atoms with Gasteiger partial charge < -0.3 is 15.4 Å². The molecule has 21 heavy (non-hydrogen) atoms. The van der Waals surface area contributed by atoms with E-state index in [0.29, 0.717) is 11.4 Å². The van der Waals surface area contributed by atoms with Gasteiger partial charge in [0.05, 0.1) is 18.8 Å². The minimum atomic E-state index is -0.114. The van der Waals surface area contributed by atoms with E-state index in [0.717, 1.165) is 5.69 Å². The van der Waals surface area contributed by atoms with Crippen molar-refractivity contribution in [1.29, 1.82) is 0 Å². The van der Waals surface area contributed by atoms with E-state index in [9.17, 15) is 4.79 Å². The average Bonchev–Trinajstić information content (AvgIpc) is 2.86. The van der Waals surface area contributed by atoms with Crippen LogP contribution in [0.15, 0.2) is 30.3 Å². The van der Waals surface area contributed by atoms with Crippen LogP contribution in [0.1, 0.15) is 29.6 Å². The van der Waals surface area contributed by atoms with Crippen LogP contribution in [0, 0.1) is 6.92 Å². The number of aryl methyl sites for hydroxylation is 1. The molecule has 0 aliphatic rings. The maximum absolute atomic E-state index is 11.2. The van der Waals surface area contributed by atoms with Crippen molar-refractivity contribution >= 4 is 28.6 Å². The number of carbonyl (C=O) groups excluding carboxylic acids is 1. The summed E-state index contributed by atoms with van der Waals surface area (Å²) in [6.45, 7) is 5.71. The summed E-state index contributed by atoms with van der Waals surface area (Å²) in [5.41, 5.74) is 1.63. The van der Waals surface area contributed by atoms with E-state index in [1.807, 2.05) is 18.2 Å². The van der Waals surface area contributed by atoms with E-state index in [2.05, 4.69) is 36.6 Å². The largest absolute Gasteiger partial charge is 0.494 e. The number of hydrogen-bond donors (Lipinski definition) is 2. The van der Waals surface area contributed by atoms with Crippen LogP contribution in [-0.2, 0) is 4.79 Å². The Balaban J connectivity index is 2.15. The molecule has 1 aromatic heterocycles. The zero-order valence-electron chi connectivity index (χ0n) is 12.7. The van der Waals surface area contributed by atoms with Crippen LogP contribution in [0.5, 0.6) is 5.75 Å². The number of benzene rings is 1. The van der Waals surface area contributed by atoms with Gasteiger partial charge in [0.2, 0.25) is 5.91 Å². The zero-order chi connectivity index (χ0) is 15.4. The van der Waals surface area contributed by atoms with Crippen molar-refractivity contribution in [2.45, 2.75) is 26.8 Å².